The lowest BCUT2D eigenvalue weighted by atomic mass is 9.55. The van der Waals surface area contributed by atoms with Crippen LogP contribution >= 0.6 is 0 Å². The minimum atomic E-state index is 0.254. The Morgan fingerprint density at radius 2 is 2.00 bits per heavy atom. The Hall–Kier alpha value is -0.530. The molecule has 2 fully saturated rings. The van der Waals surface area contributed by atoms with Gasteiger partial charge >= 0.3 is 0 Å². The highest BCUT2D eigenvalue weighted by Gasteiger charge is 2.47. The number of rotatable bonds is 0. The molecular weight excluding hydrogens is 198 g/mol. The molecule has 1 heterocycles. The quantitative estimate of drug-likeness (QED) is 0.671. The van der Waals surface area contributed by atoms with E-state index in [2.05, 4.69) is 26.1 Å². The molecule has 0 radical (unpaired) electrons. The van der Waals surface area contributed by atoms with Gasteiger partial charge in [0.25, 0.3) is 0 Å². The Morgan fingerprint density at radius 1 is 1.25 bits per heavy atom. The maximum Gasteiger partial charge on any atom is 0.220 e. The summed E-state index contributed by atoms with van der Waals surface area (Å²) in [5.41, 5.74) is 0.785. The third-order valence-electron chi connectivity index (χ3n) is 4.69. The molecule has 0 aromatic rings. The molecule has 16 heavy (non-hydrogen) atoms. The van der Waals surface area contributed by atoms with Crippen molar-refractivity contribution >= 4 is 5.91 Å². The molecule has 2 atom stereocenters. The van der Waals surface area contributed by atoms with E-state index in [1.165, 1.54) is 25.7 Å². The summed E-state index contributed by atoms with van der Waals surface area (Å²) < 4.78 is 0. The molecule has 2 unspecified atom stereocenters. The normalized spacial score (nSPS) is 36.2. The fourth-order valence-corrected chi connectivity index (χ4v) is 3.98. The van der Waals surface area contributed by atoms with Crippen molar-refractivity contribution in [2.75, 3.05) is 6.54 Å². The first-order valence-electron chi connectivity index (χ1n) is 6.71. The number of nitrogens with one attached hydrogen (secondary N) is 1. The van der Waals surface area contributed by atoms with Gasteiger partial charge in [-0.25, -0.2) is 0 Å². The van der Waals surface area contributed by atoms with Gasteiger partial charge in [-0.3, -0.25) is 4.79 Å². The van der Waals surface area contributed by atoms with Crippen molar-refractivity contribution in [2.24, 2.45) is 16.7 Å². The molecule has 1 saturated carbocycles. The third-order valence-corrected chi connectivity index (χ3v) is 4.69. The van der Waals surface area contributed by atoms with E-state index in [1.807, 2.05) is 0 Å². The van der Waals surface area contributed by atoms with Gasteiger partial charge in [0.1, 0.15) is 0 Å². The van der Waals surface area contributed by atoms with E-state index in [4.69, 9.17) is 0 Å². The molecule has 92 valence electrons. The lowest BCUT2D eigenvalue weighted by Crippen LogP contribution is -2.52. The van der Waals surface area contributed by atoms with Gasteiger partial charge in [0.2, 0.25) is 5.91 Å². The second-order valence-corrected chi connectivity index (χ2v) is 6.80. The zero-order valence-corrected chi connectivity index (χ0v) is 10.9. The van der Waals surface area contributed by atoms with Crippen LogP contribution in [0.15, 0.2) is 0 Å². The number of piperidine rings is 1. The summed E-state index contributed by atoms with van der Waals surface area (Å²) in [4.78, 5) is 11.3. The van der Waals surface area contributed by atoms with E-state index in [-0.39, 0.29) is 5.91 Å². The highest BCUT2D eigenvalue weighted by Crippen LogP contribution is 2.52. The van der Waals surface area contributed by atoms with Gasteiger partial charge in [0, 0.05) is 13.0 Å². The molecular formula is C14H25NO. The van der Waals surface area contributed by atoms with Crippen LogP contribution < -0.4 is 5.32 Å². The van der Waals surface area contributed by atoms with Gasteiger partial charge < -0.3 is 5.32 Å². The molecule has 1 spiro atoms. The molecule has 1 N–H and O–H groups in total. The first-order chi connectivity index (χ1) is 7.44. The third kappa shape index (κ3) is 2.11. The van der Waals surface area contributed by atoms with Crippen LogP contribution in [0.5, 0.6) is 0 Å². The molecule has 2 nitrogen and oxygen atoms in total. The second-order valence-electron chi connectivity index (χ2n) is 6.80. The highest BCUT2D eigenvalue weighted by molar-refractivity contribution is 5.76. The number of carbonyl (C=O) groups is 1. The van der Waals surface area contributed by atoms with E-state index in [0.717, 1.165) is 25.3 Å². The van der Waals surface area contributed by atoms with Gasteiger partial charge in [-0.05, 0) is 36.0 Å². The summed E-state index contributed by atoms with van der Waals surface area (Å²) in [5.74, 6) is 1.03. The predicted octanol–water partition coefficient (Wildman–Crippen LogP) is 3.12. The molecule has 0 aromatic heterocycles. The van der Waals surface area contributed by atoms with Gasteiger partial charge in [-0.2, -0.15) is 0 Å². The van der Waals surface area contributed by atoms with E-state index in [1.54, 1.807) is 0 Å². The van der Waals surface area contributed by atoms with Crippen LogP contribution in [0.2, 0.25) is 0 Å². The Kier molecular flexibility index (Phi) is 3.02. The average Bonchev–Trinajstić information content (AvgIpc) is 2.22. The van der Waals surface area contributed by atoms with E-state index in [9.17, 15) is 4.79 Å². The van der Waals surface area contributed by atoms with Crippen molar-refractivity contribution in [1.82, 2.24) is 5.32 Å². The zero-order valence-electron chi connectivity index (χ0n) is 10.9. The maximum absolute atomic E-state index is 11.3. The first-order valence-corrected chi connectivity index (χ1v) is 6.71. The molecule has 2 heteroatoms. The molecule has 2 rings (SSSR count). The lowest BCUT2D eigenvalue weighted by molar-refractivity contribution is -0.127. The molecule has 1 aliphatic carbocycles. The molecule has 2 aliphatic rings. The van der Waals surface area contributed by atoms with Crippen molar-refractivity contribution in [2.45, 2.75) is 59.3 Å². The minimum absolute atomic E-state index is 0.254. The van der Waals surface area contributed by atoms with Crippen LogP contribution in [0.1, 0.15) is 59.3 Å². The Morgan fingerprint density at radius 3 is 2.56 bits per heavy atom. The fraction of sp³-hybridized carbons (Fsp3) is 0.929. The van der Waals surface area contributed by atoms with Gasteiger partial charge in [0.05, 0.1) is 0 Å². The smallest absolute Gasteiger partial charge is 0.220 e. The molecule has 1 amide bonds. The van der Waals surface area contributed by atoms with E-state index in [0.29, 0.717) is 10.8 Å². The maximum atomic E-state index is 11.3. The minimum Gasteiger partial charge on any atom is -0.356 e. The largest absolute Gasteiger partial charge is 0.356 e. The number of amides is 1. The summed E-state index contributed by atoms with van der Waals surface area (Å²) in [5, 5.41) is 3.11. The summed E-state index contributed by atoms with van der Waals surface area (Å²) in [7, 11) is 0. The Bertz CT molecular complexity index is 267. The fourth-order valence-electron chi connectivity index (χ4n) is 3.98. The van der Waals surface area contributed by atoms with Crippen molar-refractivity contribution in [3.63, 3.8) is 0 Å². The standard InChI is InChI=1S/C14H25NO/c1-13(2,3)11-6-4-5-8-14(11)9-7-12(16)15-10-14/h11H,4-10H2,1-3H3,(H,15,16). The van der Waals surface area contributed by atoms with Crippen molar-refractivity contribution in [3.05, 3.63) is 0 Å². The molecule has 0 aromatic carbocycles. The van der Waals surface area contributed by atoms with Crippen LogP contribution in [0, 0.1) is 16.7 Å². The Labute approximate surface area is 99.2 Å². The van der Waals surface area contributed by atoms with Crippen LogP contribution in [-0.4, -0.2) is 12.5 Å². The Balaban J connectivity index is 2.18. The van der Waals surface area contributed by atoms with Crippen LogP contribution in [0.4, 0.5) is 0 Å². The number of hydrogen-bond donors (Lipinski definition) is 1. The van der Waals surface area contributed by atoms with Crippen LogP contribution in [0.25, 0.3) is 0 Å². The number of carbonyl (C=O) groups excluding carboxylic acids is 1. The number of hydrogen-bond acceptors (Lipinski definition) is 1. The topological polar surface area (TPSA) is 29.1 Å². The van der Waals surface area contributed by atoms with Crippen LogP contribution in [-0.2, 0) is 4.79 Å². The van der Waals surface area contributed by atoms with Gasteiger partial charge in [-0.1, -0.05) is 33.6 Å². The molecule has 1 saturated heterocycles. The average molecular weight is 223 g/mol. The summed E-state index contributed by atoms with van der Waals surface area (Å²) >= 11 is 0. The molecule has 0 bridgehead atoms. The summed E-state index contributed by atoms with van der Waals surface area (Å²) in [6.45, 7) is 8.01. The zero-order chi connectivity index (χ0) is 11.8. The van der Waals surface area contributed by atoms with Gasteiger partial charge in [-0.15, -0.1) is 0 Å². The van der Waals surface area contributed by atoms with E-state index < -0.39 is 0 Å². The van der Waals surface area contributed by atoms with Crippen molar-refractivity contribution in [1.29, 1.82) is 0 Å². The van der Waals surface area contributed by atoms with Crippen LogP contribution in [0.3, 0.4) is 0 Å². The lowest BCUT2D eigenvalue weighted by Gasteiger charge is -2.52. The second kappa shape index (κ2) is 4.05. The van der Waals surface area contributed by atoms with E-state index >= 15 is 0 Å². The van der Waals surface area contributed by atoms with Crippen molar-refractivity contribution < 1.29 is 4.79 Å². The monoisotopic (exact) mass is 223 g/mol. The summed E-state index contributed by atoms with van der Waals surface area (Å²) in [6, 6.07) is 0. The SMILES string of the molecule is CC(C)(C)C1CCCCC12CCC(=O)NC2. The van der Waals surface area contributed by atoms with Gasteiger partial charge in [0.15, 0.2) is 0 Å². The first kappa shape index (κ1) is 11.9. The predicted molar refractivity (Wildman–Crippen MR) is 66.1 cm³/mol. The van der Waals surface area contributed by atoms with Crippen molar-refractivity contribution in [3.8, 4) is 0 Å². The summed E-state index contributed by atoms with van der Waals surface area (Å²) in [6.07, 6.45) is 7.24. The highest BCUT2D eigenvalue weighted by atomic mass is 16.1. The molecule has 1 aliphatic heterocycles.